The van der Waals surface area contributed by atoms with Gasteiger partial charge in [0.1, 0.15) is 5.84 Å². The van der Waals surface area contributed by atoms with Crippen molar-refractivity contribution in [2.24, 2.45) is 5.73 Å². The molecule has 0 bridgehead atoms. The minimum atomic E-state index is 0.0139. The van der Waals surface area contributed by atoms with Crippen molar-refractivity contribution in [3.8, 4) is 0 Å². The van der Waals surface area contributed by atoms with E-state index in [9.17, 15) is 0 Å². The monoisotopic (exact) mass is 101 g/mol. The fraction of sp³-hybridized carbons (Fsp3) is 0.750. The highest BCUT2D eigenvalue weighted by Crippen LogP contribution is 1.72. The fourth-order valence-electron chi connectivity index (χ4n) is 0.156. The van der Waals surface area contributed by atoms with Crippen LogP contribution in [-0.2, 0) is 0 Å². The van der Waals surface area contributed by atoms with Gasteiger partial charge < -0.3 is 11.1 Å². The molecule has 42 valence electrons. The predicted octanol–water partition coefficient (Wildman–Crippen LogP) is -0.470. The fourth-order valence-corrected chi connectivity index (χ4v) is 0.156. The minimum absolute atomic E-state index is 0.0139. The number of likely N-dealkylation sites (N-methyl/N-ethyl adjacent to an activating group) is 1. The summed E-state index contributed by atoms with van der Waals surface area (Å²) in [5, 5.41) is 9.63. The molecule has 0 fully saturated rings. The van der Waals surface area contributed by atoms with E-state index in [0.717, 1.165) is 0 Å². The van der Waals surface area contributed by atoms with E-state index in [-0.39, 0.29) is 11.9 Å². The van der Waals surface area contributed by atoms with E-state index in [1.807, 2.05) is 6.92 Å². The maximum absolute atomic E-state index is 6.82. The Hall–Kier alpha value is -0.570. The summed E-state index contributed by atoms with van der Waals surface area (Å²) in [4.78, 5) is 0. The largest absolute Gasteiger partial charge is 0.386 e. The normalized spacial score (nSPS) is 13.4. The summed E-state index contributed by atoms with van der Waals surface area (Å²) < 4.78 is 0. The van der Waals surface area contributed by atoms with E-state index in [4.69, 9.17) is 11.1 Å². The maximum atomic E-state index is 6.82. The van der Waals surface area contributed by atoms with Crippen molar-refractivity contribution in [1.82, 2.24) is 5.32 Å². The van der Waals surface area contributed by atoms with Gasteiger partial charge in [-0.1, -0.05) is 0 Å². The van der Waals surface area contributed by atoms with Crippen LogP contribution in [0.5, 0.6) is 0 Å². The lowest BCUT2D eigenvalue weighted by Gasteiger charge is -2.04. The van der Waals surface area contributed by atoms with Crippen LogP contribution in [0.3, 0.4) is 0 Å². The molecule has 0 aromatic rings. The third-order valence-corrected chi connectivity index (χ3v) is 0.900. The van der Waals surface area contributed by atoms with Crippen molar-refractivity contribution in [3.63, 3.8) is 0 Å². The van der Waals surface area contributed by atoms with E-state index >= 15 is 0 Å². The third kappa shape index (κ3) is 2.17. The molecule has 3 heteroatoms. The second-order valence-electron chi connectivity index (χ2n) is 1.47. The zero-order valence-corrected chi connectivity index (χ0v) is 4.65. The Bertz CT molecular complexity index is 69.3. The first-order valence-electron chi connectivity index (χ1n) is 2.19. The molecule has 1 atom stereocenters. The molecule has 0 aromatic carbocycles. The number of rotatable bonds is 2. The molecular weight excluding hydrogens is 90.1 g/mol. The highest BCUT2D eigenvalue weighted by Gasteiger charge is 1.96. The average molecular weight is 101 g/mol. The van der Waals surface area contributed by atoms with Crippen molar-refractivity contribution in [2.45, 2.75) is 13.0 Å². The summed E-state index contributed by atoms with van der Waals surface area (Å²) in [6.07, 6.45) is 0. The van der Waals surface area contributed by atoms with Gasteiger partial charge in [-0.2, -0.15) is 0 Å². The zero-order chi connectivity index (χ0) is 5.86. The van der Waals surface area contributed by atoms with Crippen LogP contribution >= 0.6 is 0 Å². The van der Waals surface area contributed by atoms with E-state index in [1.165, 1.54) is 0 Å². The van der Waals surface area contributed by atoms with Crippen LogP contribution in [0.15, 0.2) is 0 Å². The van der Waals surface area contributed by atoms with Gasteiger partial charge in [0.25, 0.3) is 0 Å². The molecule has 0 amide bonds. The van der Waals surface area contributed by atoms with Gasteiger partial charge in [0.15, 0.2) is 0 Å². The molecule has 1 unspecified atom stereocenters. The van der Waals surface area contributed by atoms with Crippen LogP contribution in [-0.4, -0.2) is 18.9 Å². The van der Waals surface area contributed by atoms with Crippen LogP contribution in [0.1, 0.15) is 6.92 Å². The van der Waals surface area contributed by atoms with Gasteiger partial charge in [0.05, 0.1) is 6.04 Å². The summed E-state index contributed by atoms with van der Waals surface area (Å²) in [7, 11) is 1.77. The van der Waals surface area contributed by atoms with Crippen LogP contribution in [0.25, 0.3) is 0 Å². The van der Waals surface area contributed by atoms with Crippen molar-refractivity contribution in [2.75, 3.05) is 7.05 Å². The lowest BCUT2D eigenvalue weighted by atomic mass is 10.3. The molecule has 4 N–H and O–H groups in total. The first kappa shape index (κ1) is 6.43. The van der Waals surface area contributed by atoms with Crippen LogP contribution in [0.4, 0.5) is 0 Å². The Labute approximate surface area is 43.4 Å². The molecule has 3 nitrogen and oxygen atoms in total. The first-order valence-corrected chi connectivity index (χ1v) is 2.19. The number of nitrogens with two attached hydrogens (primary N) is 1. The molecule has 0 saturated carbocycles. The zero-order valence-electron chi connectivity index (χ0n) is 4.65. The first-order chi connectivity index (χ1) is 3.18. The Morgan fingerprint density at radius 1 is 1.86 bits per heavy atom. The summed E-state index contributed by atoms with van der Waals surface area (Å²) in [6, 6.07) is 0.0139. The van der Waals surface area contributed by atoms with Crippen molar-refractivity contribution < 1.29 is 0 Å². The summed E-state index contributed by atoms with van der Waals surface area (Å²) >= 11 is 0. The van der Waals surface area contributed by atoms with Gasteiger partial charge in [-0.3, -0.25) is 5.41 Å². The Kier molecular flexibility index (Phi) is 2.37. The van der Waals surface area contributed by atoms with E-state index in [0.29, 0.717) is 0 Å². The molecular formula is C4H11N3. The summed E-state index contributed by atoms with van der Waals surface area (Å²) in [5.41, 5.74) is 5.07. The van der Waals surface area contributed by atoms with E-state index in [1.54, 1.807) is 7.05 Å². The molecule has 0 saturated heterocycles. The van der Waals surface area contributed by atoms with Gasteiger partial charge in [-0.05, 0) is 14.0 Å². The van der Waals surface area contributed by atoms with Crippen molar-refractivity contribution >= 4 is 5.84 Å². The second-order valence-corrected chi connectivity index (χ2v) is 1.47. The number of hydrogen-bond acceptors (Lipinski definition) is 2. The maximum Gasteiger partial charge on any atom is 0.108 e. The Morgan fingerprint density at radius 3 is 2.29 bits per heavy atom. The molecule has 0 aromatic heterocycles. The Balaban J connectivity index is 3.34. The molecule has 0 aliphatic heterocycles. The van der Waals surface area contributed by atoms with Gasteiger partial charge in [0.2, 0.25) is 0 Å². The van der Waals surface area contributed by atoms with Crippen LogP contribution < -0.4 is 11.1 Å². The van der Waals surface area contributed by atoms with Crippen LogP contribution in [0.2, 0.25) is 0 Å². The van der Waals surface area contributed by atoms with Gasteiger partial charge >= 0.3 is 0 Å². The van der Waals surface area contributed by atoms with Gasteiger partial charge in [-0.25, -0.2) is 0 Å². The molecule has 7 heavy (non-hydrogen) atoms. The lowest BCUT2D eigenvalue weighted by molar-refractivity contribution is 0.753. The minimum Gasteiger partial charge on any atom is -0.386 e. The summed E-state index contributed by atoms with van der Waals surface area (Å²) in [5.74, 6) is 0.183. The van der Waals surface area contributed by atoms with Gasteiger partial charge in [-0.15, -0.1) is 0 Å². The third-order valence-electron chi connectivity index (χ3n) is 0.900. The second kappa shape index (κ2) is 2.58. The topological polar surface area (TPSA) is 61.9 Å². The van der Waals surface area contributed by atoms with E-state index < -0.39 is 0 Å². The van der Waals surface area contributed by atoms with Gasteiger partial charge in [0, 0.05) is 0 Å². The number of hydrogen-bond donors (Lipinski definition) is 3. The highest BCUT2D eigenvalue weighted by atomic mass is 14.9. The standard InChI is InChI=1S/C4H11N3/c1-3(7-2)4(5)6/h3,7H,1-2H3,(H3,5,6). The summed E-state index contributed by atoms with van der Waals surface area (Å²) in [6.45, 7) is 1.84. The molecule has 0 spiro atoms. The molecule has 0 aliphatic rings. The predicted molar refractivity (Wildman–Crippen MR) is 30.4 cm³/mol. The smallest absolute Gasteiger partial charge is 0.108 e. The van der Waals surface area contributed by atoms with Crippen molar-refractivity contribution in [1.29, 1.82) is 5.41 Å². The lowest BCUT2D eigenvalue weighted by Crippen LogP contribution is -2.35. The molecule has 0 rings (SSSR count). The number of nitrogens with one attached hydrogen (secondary N) is 2. The quantitative estimate of drug-likeness (QED) is 0.325. The average Bonchev–Trinajstić information content (AvgIpc) is 1.65. The number of amidine groups is 1. The Morgan fingerprint density at radius 2 is 2.29 bits per heavy atom. The van der Waals surface area contributed by atoms with E-state index in [2.05, 4.69) is 5.32 Å². The molecule has 0 aliphatic carbocycles. The van der Waals surface area contributed by atoms with Crippen molar-refractivity contribution in [3.05, 3.63) is 0 Å². The van der Waals surface area contributed by atoms with Crippen LogP contribution in [0, 0.1) is 5.41 Å². The molecule has 0 radical (unpaired) electrons. The SMILES string of the molecule is CNC(C)C(=N)N. The highest BCUT2D eigenvalue weighted by molar-refractivity contribution is 5.82. The molecule has 0 heterocycles.